The molecule has 0 aliphatic carbocycles. The zero-order chi connectivity index (χ0) is 13.8. The first kappa shape index (κ1) is 14.3. The Kier molecular flexibility index (Phi) is 4.82. The first-order valence-corrected chi connectivity index (χ1v) is 6.73. The van der Waals surface area contributed by atoms with Gasteiger partial charge in [0.15, 0.2) is 0 Å². The maximum absolute atomic E-state index is 6.16. The molecule has 3 N–H and O–H groups in total. The van der Waals surface area contributed by atoms with E-state index in [0.717, 1.165) is 17.7 Å². The second-order valence-electron chi connectivity index (χ2n) is 4.45. The molecule has 0 bridgehead atoms. The van der Waals surface area contributed by atoms with Crippen LogP contribution in [0.3, 0.4) is 0 Å². The number of aryl methyl sites for hydroxylation is 1. The summed E-state index contributed by atoms with van der Waals surface area (Å²) < 4.78 is 1.77. The summed E-state index contributed by atoms with van der Waals surface area (Å²) in [5.74, 6) is 5.60. The zero-order valence-corrected chi connectivity index (χ0v) is 12.1. The van der Waals surface area contributed by atoms with Crippen molar-refractivity contribution >= 4 is 23.2 Å². The molecule has 19 heavy (non-hydrogen) atoms. The minimum Gasteiger partial charge on any atom is -0.276 e. The van der Waals surface area contributed by atoms with Gasteiger partial charge in [0, 0.05) is 35.8 Å². The van der Waals surface area contributed by atoms with Crippen LogP contribution in [0.4, 0.5) is 0 Å². The van der Waals surface area contributed by atoms with E-state index < -0.39 is 0 Å². The fourth-order valence-corrected chi connectivity index (χ4v) is 2.54. The molecule has 4 nitrogen and oxygen atoms in total. The van der Waals surface area contributed by atoms with Crippen molar-refractivity contribution in [2.24, 2.45) is 12.9 Å². The summed E-state index contributed by atoms with van der Waals surface area (Å²) >= 11 is 12.3. The van der Waals surface area contributed by atoms with Crippen molar-refractivity contribution in [2.45, 2.75) is 18.9 Å². The Hall–Kier alpha value is -1.07. The van der Waals surface area contributed by atoms with E-state index in [0.29, 0.717) is 16.5 Å². The number of nitrogens with one attached hydrogen (secondary N) is 1. The van der Waals surface area contributed by atoms with Crippen molar-refractivity contribution in [3.05, 3.63) is 51.8 Å². The lowest BCUT2D eigenvalue weighted by Crippen LogP contribution is -2.38. The lowest BCUT2D eigenvalue weighted by Gasteiger charge is -2.16. The van der Waals surface area contributed by atoms with Gasteiger partial charge in [0.05, 0.1) is 5.69 Å². The summed E-state index contributed by atoms with van der Waals surface area (Å²) in [4.78, 5) is 0. The van der Waals surface area contributed by atoms with E-state index in [2.05, 4.69) is 10.5 Å². The average Bonchev–Trinajstić information content (AvgIpc) is 2.78. The molecule has 1 aromatic heterocycles. The Labute approximate surface area is 122 Å². The zero-order valence-electron chi connectivity index (χ0n) is 10.6. The average molecular weight is 299 g/mol. The van der Waals surface area contributed by atoms with Gasteiger partial charge in [-0.1, -0.05) is 29.3 Å². The Morgan fingerprint density at radius 2 is 1.95 bits per heavy atom. The van der Waals surface area contributed by atoms with Crippen molar-refractivity contribution in [3.8, 4) is 0 Å². The van der Waals surface area contributed by atoms with Crippen molar-refractivity contribution in [1.29, 1.82) is 0 Å². The second-order valence-corrected chi connectivity index (χ2v) is 5.27. The van der Waals surface area contributed by atoms with Crippen LogP contribution in [-0.4, -0.2) is 15.8 Å². The van der Waals surface area contributed by atoms with Gasteiger partial charge in [-0.25, -0.2) is 0 Å². The molecule has 0 aliphatic heterocycles. The number of aromatic nitrogens is 2. The minimum atomic E-state index is 0.0345. The number of benzene rings is 1. The predicted molar refractivity (Wildman–Crippen MR) is 78.2 cm³/mol. The predicted octanol–water partition coefficient (Wildman–Crippen LogP) is 2.34. The van der Waals surface area contributed by atoms with Gasteiger partial charge in [-0.15, -0.1) is 0 Å². The van der Waals surface area contributed by atoms with Crippen molar-refractivity contribution in [3.63, 3.8) is 0 Å². The highest BCUT2D eigenvalue weighted by Crippen LogP contribution is 2.25. The summed E-state index contributed by atoms with van der Waals surface area (Å²) in [6.07, 6.45) is 3.29. The van der Waals surface area contributed by atoms with Crippen molar-refractivity contribution in [2.75, 3.05) is 0 Å². The molecule has 0 spiro atoms. The SMILES string of the molecule is Cn1ccc(CC(Cc2c(Cl)cccc2Cl)NN)n1. The van der Waals surface area contributed by atoms with Gasteiger partial charge in [0.25, 0.3) is 0 Å². The third-order valence-corrected chi connectivity index (χ3v) is 3.68. The number of nitrogens with two attached hydrogens (primary N) is 1. The first-order chi connectivity index (χ1) is 9.10. The maximum Gasteiger partial charge on any atom is 0.0640 e. The number of hydrogen-bond donors (Lipinski definition) is 2. The van der Waals surface area contributed by atoms with Crippen LogP contribution in [0, 0.1) is 0 Å². The molecule has 102 valence electrons. The summed E-state index contributed by atoms with van der Waals surface area (Å²) in [5.41, 5.74) is 4.68. The Bertz CT molecular complexity index is 533. The fraction of sp³-hybridized carbons (Fsp3) is 0.308. The number of hydrogen-bond acceptors (Lipinski definition) is 3. The number of hydrazine groups is 1. The summed E-state index contributed by atoms with van der Waals surface area (Å²) in [7, 11) is 1.89. The lowest BCUT2D eigenvalue weighted by molar-refractivity contribution is 0.514. The number of halogens is 2. The van der Waals surface area contributed by atoms with Crippen LogP contribution in [0.25, 0.3) is 0 Å². The van der Waals surface area contributed by atoms with Gasteiger partial charge in [-0.2, -0.15) is 5.10 Å². The Morgan fingerprint density at radius 1 is 1.26 bits per heavy atom. The molecule has 1 atom stereocenters. The van der Waals surface area contributed by atoms with Gasteiger partial charge < -0.3 is 0 Å². The third-order valence-electron chi connectivity index (χ3n) is 2.97. The van der Waals surface area contributed by atoms with E-state index in [1.165, 1.54) is 0 Å². The summed E-state index contributed by atoms with van der Waals surface area (Å²) in [5, 5.41) is 5.66. The monoisotopic (exact) mass is 298 g/mol. The molecule has 0 radical (unpaired) electrons. The first-order valence-electron chi connectivity index (χ1n) is 5.97. The van der Waals surface area contributed by atoms with Crippen LogP contribution in [-0.2, 0) is 19.9 Å². The minimum absolute atomic E-state index is 0.0345. The van der Waals surface area contributed by atoms with Gasteiger partial charge in [-0.05, 0) is 30.2 Å². The van der Waals surface area contributed by atoms with E-state index in [9.17, 15) is 0 Å². The number of rotatable bonds is 5. The van der Waals surface area contributed by atoms with E-state index in [1.54, 1.807) is 4.68 Å². The quantitative estimate of drug-likeness (QED) is 0.658. The molecule has 1 heterocycles. The molecule has 6 heteroatoms. The second kappa shape index (κ2) is 6.39. The Balaban J connectivity index is 2.11. The topological polar surface area (TPSA) is 55.9 Å². The summed E-state index contributed by atoms with van der Waals surface area (Å²) in [6, 6.07) is 7.50. The smallest absolute Gasteiger partial charge is 0.0640 e. The molecular formula is C13H16Cl2N4. The lowest BCUT2D eigenvalue weighted by atomic mass is 10.0. The van der Waals surface area contributed by atoms with Crippen LogP contribution in [0.5, 0.6) is 0 Å². The summed E-state index contributed by atoms with van der Waals surface area (Å²) in [6.45, 7) is 0. The van der Waals surface area contributed by atoms with Gasteiger partial charge >= 0.3 is 0 Å². The van der Waals surface area contributed by atoms with Crippen LogP contribution in [0.2, 0.25) is 10.0 Å². The largest absolute Gasteiger partial charge is 0.276 e. The standard InChI is InChI=1S/C13H16Cl2N4/c1-19-6-5-9(18-19)7-10(17-16)8-11-12(14)3-2-4-13(11)15/h2-6,10,17H,7-8,16H2,1H3. The molecule has 0 saturated heterocycles. The molecular weight excluding hydrogens is 283 g/mol. The van der Waals surface area contributed by atoms with Crippen LogP contribution in [0.15, 0.2) is 30.5 Å². The van der Waals surface area contributed by atoms with E-state index >= 15 is 0 Å². The fourth-order valence-electron chi connectivity index (χ4n) is 1.99. The highest BCUT2D eigenvalue weighted by atomic mass is 35.5. The van der Waals surface area contributed by atoms with Crippen LogP contribution >= 0.6 is 23.2 Å². The van der Waals surface area contributed by atoms with Gasteiger partial charge in [0.1, 0.15) is 0 Å². The molecule has 2 rings (SSSR count). The highest BCUT2D eigenvalue weighted by molar-refractivity contribution is 6.36. The Morgan fingerprint density at radius 3 is 2.47 bits per heavy atom. The van der Waals surface area contributed by atoms with Crippen molar-refractivity contribution in [1.82, 2.24) is 15.2 Å². The molecule has 2 aromatic rings. The normalized spacial score (nSPS) is 12.6. The molecule has 0 aliphatic rings. The number of nitrogens with zero attached hydrogens (tertiary/aromatic N) is 2. The van der Waals surface area contributed by atoms with Crippen LogP contribution < -0.4 is 11.3 Å². The molecule has 0 amide bonds. The highest BCUT2D eigenvalue weighted by Gasteiger charge is 2.14. The van der Waals surface area contributed by atoms with E-state index in [1.807, 2.05) is 37.5 Å². The van der Waals surface area contributed by atoms with Crippen LogP contribution in [0.1, 0.15) is 11.3 Å². The third kappa shape index (κ3) is 3.70. The molecule has 0 fully saturated rings. The molecule has 0 saturated carbocycles. The maximum atomic E-state index is 6.16. The van der Waals surface area contributed by atoms with Crippen molar-refractivity contribution < 1.29 is 0 Å². The molecule has 1 unspecified atom stereocenters. The van der Waals surface area contributed by atoms with E-state index in [-0.39, 0.29) is 6.04 Å². The van der Waals surface area contributed by atoms with E-state index in [4.69, 9.17) is 29.0 Å². The van der Waals surface area contributed by atoms with Gasteiger partial charge in [0.2, 0.25) is 0 Å². The molecule has 1 aromatic carbocycles. The van der Waals surface area contributed by atoms with Gasteiger partial charge in [-0.3, -0.25) is 16.0 Å².